The molecule has 0 spiro atoms. The van der Waals surface area contributed by atoms with Crippen molar-refractivity contribution in [3.8, 4) is 0 Å². The Morgan fingerprint density at radius 3 is 2.41 bits per heavy atom. The molecule has 0 aromatic rings. The van der Waals surface area contributed by atoms with Crippen molar-refractivity contribution in [1.82, 2.24) is 4.90 Å². The number of hydrogen-bond acceptors (Lipinski definition) is 2. The fraction of sp³-hybridized carbons (Fsp3) is 0.667. The third-order valence-electron chi connectivity index (χ3n) is 4.06. The largest absolute Gasteiger partial charge is 0.288 e. The van der Waals surface area contributed by atoms with E-state index in [0.29, 0.717) is 5.54 Å². The van der Waals surface area contributed by atoms with E-state index < -0.39 is 0 Å². The zero-order valence-electron chi connectivity index (χ0n) is 11.8. The van der Waals surface area contributed by atoms with E-state index in [9.17, 15) is 0 Å². The van der Waals surface area contributed by atoms with Gasteiger partial charge in [-0.15, -0.1) is 0 Å². The van der Waals surface area contributed by atoms with E-state index in [2.05, 4.69) is 50.2 Å². The third kappa shape index (κ3) is 3.06. The highest BCUT2D eigenvalue weighted by atomic mass is 15.2. The summed E-state index contributed by atoms with van der Waals surface area (Å²) in [6.45, 7) is 14.8. The van der Waals surface area contributed by atoms with Gasteiger partial charge in [0.25, 0.3) is 0 Å². The van der Waals surface area contributed by atoms with E-state index >= 15 is 0 Å². The second-order valence-corrected chi connectivity index (χ2v) is 4.96. The lowest BCUT2D eigenvalue weighted by molar-refractivity contribution is 0.136. The van der Waals surface area contributed by atoms with Gasteiger partial charge in [0, 0.05) is 24.8 Å². The van der Waals surface area contributed by atoms with Crippen molar-refractivity contribution in [1.29, 1.82) is 0 Å². The molecule has 0 aromatic heterocycles. The van der Waals surface area contributed by atoms with Gasteiger partial charge in [-0.1, -0.05) is 33.4 Å². The van der Waals surface area contributed by atoms with Crippen molar-refractivity contribution in [2.75, 3.05) is 13.1 Å². The van der Waals surface area contributed by atoms with Gasteiger partial charge in [0.2, 0.25) is 0 Å². The number of aliphatic imine (C=N–C) groups is 1. The molecule has 1 aliphatic heterocycles. The molecule has 0 saturated carbocycles. The van der Waals surface area contributed by atoms with Crippen LogP contribution in [0, 0.1) is 0 Å². The minimum atomic E-state index is 0.297. The maximum absolute atomic E-state index is 4.43. The SMILES string of the molecule is C=C/N=C1/CN(C(C)(CC)CC)C/C1=C/CC. The standard InChI is InChI=1S/C15H26N2/c1-6-10-13-11-17(12-14(13)16-9-4)15(5,7-2)8-3/h9-10H,4,6-8,11-12H2,1-3,5H3/b13-10-,16-14-. The van der Waals surface area contributed by atoms with Gasteiger partial charge < -0.3 is 0 Å². The van der Waals surface area contributed by atoms with Crippen LogP contribution in [0.25, 0.3) is 0 Å². The second kappa shape index (κ2) is 6.15. The normalized spacial score (nSPS) is 22.6. The zero-order chi connectivity index (χ0) is 12.9. The maximum atomic E-state index is 4.43. The first kappa shape index (κ1) is 14.2. The predicted octanol–water partition coefficient (Wildman–Crippen LogP) is 3.80. The highest BCUT2D eigenvalue weighted by Gasteiger charge is 2.34. The summed E-state index contributed by atoms with van der Waals surface area (Å²) in [6, 6.07) is 0. The van der Waals surface area contributed by atoms with Gasteiger partial charge >= 0.3 is 0 Å². The van der Waals surface area contributed by atoms with Gasteiger partial charge in [-0.2, -0.15) is 0 Å². The van der Waals surface area contributed by atoms with Crippen molar-refractivity contribution in [3.63, 3.8) is 0 Å². The molecule has 96 valence electrons. The molecule has 1 saturated heterocycles. The molecule has 0 amide bonds. The Bertz CT molecular complexity index is 322. The van der Waals surface area contributed by atoms with E-state index in [0.717, 1.165) is 19.5 Å². The van der Waals surface area contributed by atoms with E-state index in [1.807, 2.05) is 0 Å². The number of hydrogen-bond donors (Lipinski definition) is 0. The molecular formula is C15H26N2. The second-order valence-electron chi connectivity index (χ2n) is 4.96. The Kier molecular flexibility index (Phi) is 5.13. The van der Waals surface area contributed by atoms with Crippen molar-refractivity contribution < 1.29 is 0 Å². The van der Waals surface area contributed by atoms with Gasteiger partial charge in [-0.3, -0.25) is 9.89 Å². The average molecular weight is 234 g/mol. The number of nitrogens with zero attached hydrogens (tertiary/aromatic N) is 2. The van der Waals surface area contributed by atoms with Gasteiger partial charge in [0.1, 0.15) is 0 Å². The summed E-state index contributed by atoms with van der Waals surface area (Å²) in [5.74, 6) is 0. The lowest BCUT2D eigenvalue weighted by atomic mass is 9.93. The summed E-state index contributed by atoms with van der Waals surface area (Å²) in [4.78, 5) is 6.98. The highest BCUT2D eigenvalue weighted by molar-refractivity contribution is 6.04. The van der Waals surface area contributed by atoms with Crippen molar-refractivity contribution in [3.05, 3.63) is 24.4 Å². The molecule has 1 heterocycles. The van der Waals surface area contributed by atoms with Crippen LogP contribution in [0.15, 0.2) is 29.4 Å². The Morgan fingerprint density at radius 1 is 1.29 bits per heavy atom. The Labute approximate surface area is 106 Å². The quantitative estimate of drug-likeness (QED) is 0.706. The van der Waals surface area contributed by atoms with Crippen LogP contribution in [0.1, 0.15) is 47.0 Å². The van der Waals surface area contributed by atoms with Crippen molar-refractivity contribution in [2.45, 2.75) is 52.5 Å². The Balaban J connectivity index is 2.93. The number of likely N-dealkylation sites (tertiary alicyclic amines) is 1. The average Bonchev–Trinajstić information content (AvgIpc) is 2.73. The third-order valence-corrected chi connectivity index (χ3v) is 4.06. The molecule has 0 unspecified atom stereocenters. The van der Waals surface area contributed by atoms with Crippen LogP contribution in [-0.2, 0) is 0 Å². The van der Waals surface area contributed by atoms with Gasteiger partial charge in [0.15, 0.2) is 0 Å². The lowest BCUT2D eigenvalue weighted by Gasteiger charge is -2.36. The Morgan fingerprint density at radius 2 is 1.94 bits per heavy atom. The molecule has 0 radical (unpaired) electrons. The molecule has 0 aromatic carbocycles. The van der Waals surface area contributed by atoms with Crippen LogP contribution in [0.2, 0.25) is 0 Å². The van der Waals surface area contributed by atoms with Crippen LogP contribution in [0.5, 0.6) is 0 Å². The molecule has 1 aliphatic rings. The number of rotatable bonds is 5. The van der Waals surface area contributed by atoms with Crippen LogP contribution < -0.4 is 0 Å². The first-order chi connectivity index (χ1) is 8.11. The van der Waals surface area contributed by atoms with Gasteiger partial charge in [0.05, 0.1) is 5.71 Å². The molecule has 2 nitrogen and oxygen atoms in total. The van der Waals surface area contributed by atoms with E-state index in [-0.39, 0.29) is 0 Å². The monoisotopic (exact) mass is 234 g/mol. The molecule has 17 heavy (non-hydrogen) atoms. The summed E-state index contributed by atoms with van der Waals surface area (Å²) in [5, 5.41) is 0. The van der Waals surface area contributed by atoms with Crippen LogP contribution in [0.3, 0.4) is 0 Å². The molecule has 0 bridgehead atoms. The minimum Gasteiger partial charge on any atom is -0.288 e. The fourth-order valence-electron chi connectivity index (χ4n) is 2.38. The highest BCUT2D eigenvalue weighted by Crippen LogP contribution is 2.28. The van der Waals surface area contributed by atoms with Crippen molar-refractivity contribution in [2.24, 2.45) is 4.99 Å². The summed E-state index contributed by atoms with van der Waals surface area (Å²) in [5.41, 5.74) is 2.89. The summed E-state index contributed by atoms with van der Waals surface area (Å²) >= 11 is 0. The van der Waals surface area contributed by atoms with E-state index in [1.54, 1.807) is 6.20 Å². The molecule has 2 heteroatoms. The smallest absolute Gasteiger partial charge is 0.0585 e. The fourth-order valence-corrected chi connectivity index (χ4v) is 2.38. The number of allylic oxidation sites excluding steroid dienone is 1. The van der Waals surface area contributed by atoms with Crippen LogP contribution in [-0.4, -0.2) is 29.2 Å². The molecule has 0 atom stereocenters. The molecule has 1 fully saturated rings. The summed E-state index contributed by atoms with van der Waals surface area (Å²) in [7, 11) is 0. The molecule has 0 N–H and O–H groups in total. The first-order valence-electron chi connectivity index (χ1n) is 6.73. The van der Waals surface area contributed by atoms with Gasteiger partial charge in [-0.05, 0) is 31.8 Å². The van der Waals surface area contributed by atoms with Crippen molar-refractivity contribution >= 4 is 5.71 Å². The van der Waals surface area contributed by atoms with Crippen LogP contribution >= 0.6 is 0 Å². The maximum Gasteiger partial charge on any atom is 0.0585 e. The first-order valence-corrected chi connectivity index (χ1v) is 6.73. The molecule has 1 rings (SSSR count). The molecular weight excluding hydrogens is 208 g/mol. The van der Waals surface area contributed by atoms with Crippen LogP contribution in [0.4, 0.5) is 0 Å². The Hall–Kier alpha value is -0.890. The predicted molar refractivity (Wildman–Crippen MR) is 76.6 cm³/mol. The summed E-state index contributed by atoms with van der Waals surface area (Å²) in [6.07, 6.45) is 7.41. The minimum absolute atomic E-state index is 0.297. The lowest BCUT2D eigenvalue weighted by Crippen LogP contribution is -2.44. The van der Waals surface area contributed by atoms with E-state index in [1.165, 1.54) is 24.1 Å². The van der Waals surface area contributed by atoms with E-state index in [4.69, 9.17) is 0 Å². The summed E-state index contributed by atoms with van der Waals surface area (Å²) < 4.78 is 0. The zero-order valence-corrected chi connectivity index (χ0v) is 11.8. The van der Waals surface area contributed by atoms with Gasteiger partial charge in [-0.25, -0.2) is 0 Å². The molecule has 0 aliphatic carbocycles. The topological polar surface area (TPSA) is 15.6 Å².